The van der Waals surface area contributed by atoms with Crippen LogP contribution in [-0.4, -0.2) is 25.2 Å². The molecule has 1 aromatic carbocycles. The highest BCUT2D eigenvalue weighted by Gasteiger charge is 2.20. The Bertz CT molecular complexity index is 511. The number of allylic oxidation sites excluding steroid dienone is 1. The number of aromatic hydroxyl groups is 1. The summed E-state index contributed by atoms with van der Waals surface area (Å²) in [5.41, 5.74) is 0.713. The smallest absolute Gasteiger partial charge is 0.233 e. The summed E-state index contributed by atoms with van der Waals surface area (Å²) in [5, 5.41) is 9.65. The van der Waals surface area contributed by atoms with Gasteiger partial charge in [-0.3, -0.25) is 4.79 Å². The van der Waals surface area contributed by atoms with Crippen molar-refractivity contribution in [3.63, 3.8) is 0 Å². The second-order valence-corrected chi connectivity index (χ2v) is 5.37. The minimum Gasteiger partial charge on any atom is -0.504 e. The summed E-state index contributed by atoms with van der Waals surface area (Å²) in [5.74, 6) is 0.383. The summed E-state index contributed by atoms with van der Waals surface area (Å²) in [6, 6.07) is 4.93. The highest BCUT2D eigenvalue weighted by atomic mass is 16.5. The first kappa shape index (κ1) is 18.1. The van der Waals surface area contributed by atoms with Crippen molar-refractivity contribution in [1.82, 2.24) is 0 Å². The zero-order valence-electron chi connectivity index (χ0n) is 14.0. The van der Waals surface area contributed by atoms with Crippen molar-refractivity contribution in [2.24, 2.45) is 5.92 Å². The van der Waals surface area contributed by atoms with Crippen molar-refractivity contribution in [1.29, 1.82) is 0 Å². The number of carbonyl (C=O) groups excluding carboxylic acids is 1. The third kappa shape index (κ3) is 4.79. The molecule has 4 nitrogen and oxygen atoms in total. The van der Waals surface area contributed by atoms with Crippen LogP contribution in [0.25, 0.3) is 0 Å². The summed E-state index contributed by atoms with van der Waals surface area (Å²) in [6.45, 7) is 4.20. The molecular formula is C18H27NO3. The molecule has 22 heavy (non-hydrogen) atoms. The summed E-state index contributed by atoms with van der Waals surface area (Å²) in [4.78, 5) is 14.3. The number of ether oxygens (including phenoxy) is 1. The van der Waals surface area contributed by atoms with E-state index in [0.29, 0.717) is 11.4 Å². The predicted molar refractivity (Wildman–Crippen MR) is 90.5 cm³/mol. The molecule has 0 bridgehead atoms. The van der Waals surface area contributed by atoms with Crippen LogP contribution in [0.4, 0.5) is 5.69 Å². The van der Waals surface area contributed by atoms with Crippen LogP contribution in [0.5, 0.6) is 11.5 Å². The molecule has 1 unspecified atom stereocenters. The van der Waals surface area contributed by atoms with Crippen LogP contribution >= 0.6 is 0 Å². The average Bonchev–Trinajstić information content (AvgIpc) is 2.53. The maximum absolute atomic E-state index is 12.7. The Hall–Kier alpha value is -1.97. The number of amides is 1. The standard InChI is InChI=1S/C18H27NO3/c1-5-7-8-10-14(9-6-2)18(21)19(3)15-11-12-16(20)17(13-15)22-4/h8,10-14,20H,5-7,9H2,1-4H3/b10-8+. The van der Waals surface area contributed by atoms with Crippen molar-refractivity contribution in [3.8, 4) is 11.5 Å². The van der Waals surface area contributed by atoms with Gasteiger partial charge in [-0.1, -0.05) is 38.8 Å². The summed E-state index contributed by atoms with van der Waals surface area (Å²) >= 11 is 0. The second-order valence-electron chi connectivity index (χ2n) is 5.37. The maximum atomic E-state index is 12.7. The number of rotatable bonds is 8. The molecule has 0 radical (unpaired) electrons. The van der Waals surface area contributed by atoms with Gasteiger partial charge >= 0.3 is 0 Å². The van der Waals surface area contributed by atoms with Gasteiger partial charge < -0.3 is 14.7 Å². The molecule has 1 amide bonds. The Labute approximate surface area is 133 Å². The first-order chi connectivity index (χ1) is 10.5. The van der Waals surface area contributed by atoms with E-state index in [4.69, 9.17) is 4.74 Å². The Morgan fingerprint density at radius 1 is 1.36 bits per heavy atom. The molecule has 1 N–H and O–H groups in total. The number of phenols is 1. The van der Waals surface area contributed by atoms with Crippen LogP contribution in [0.2, 0.25) is 0 Å². The van der Waals surface area contributed by atoms with E-state index in [1.54, 1.807) is 30.1 Å². The van der Waals surface area contributed by atoms with Gasteiger partial charge in [-0.15, -0.1) is 0 Å². The van der Waals surface area contributed by atoms with Crippen LogP contribution in [0.3, 0.4) is 0 Å². The topological polar surface area (TPSA) is 49.8 Å². The van der Waals surface area contributed by atoms with Gasteiger partial charge in [-0.2, -0.15) is 0 Å². The van der Waals surface area contributed by atoms with Gasteiger partial charge in [0.1, 0.15) is 0 Å². The number of unbranched alkanes of at least 4 members (excludes halogenated alkanes) is 1. The largest absolute Gasteiger partial charge is 0.504 e. The van der Waals surface area contributed by atoms with Crippen molar-refractivity contribution in [3.05, 3.63) is 30.4 Å². The molecule has 0 fully saturated rings. The number of phenolic OH excluding ortho intramolecular Hbond substituents is 1. The van der Waals surface area contributed by atoms with Crippen LogP contribution in [0.1, 0.15) is 39.5 Å². The van der Waals surface area contributed by atoms with Crippen LogP contribution in [-0.2, 0) is 4.79 Å². The molecule has 0 spiro atoms. The van der Waals surface area contributed by atoms with Crippen LogP contribution < -0.4 is 9.64 Å². The predicted octanol–water partition coefficient (Wildman–Crippen LogP) is 4.14. The molecule has 0 aliphatic rings. The van der Waals surface area contributed by atoms with E-state index in [1.807, 2.05) is 6.08 Å². The zero-order valence-corrected chi connectivity index (χ0v) is 14.0. The first-order valence-electron chi connectivity index (χ1n) is 7.86. The number of hydrogen-bond acceptors (Lipinski definition) is 3. The SMILES string of the molecule is CCC/C=C/C(CCC)C(=O)N(C)c1ccc(O)c(OC)c1. The zero-order chi connectivity index (χ0) is 16.5. The fraction of sp³-hybridized carbons (Fsp3) is 0.500. The second kappa shape index (κ2) is 9.13. The molecule has 0 aromatic heterocycles. The van der Waals surface area contributed by atoms with E-state index in [9.17, 15) is 9.90 Å². The van der Waals surface area contributed by atoms with E-state index in [-0.39, 0.29) is 17.6 Å². The van der Waals surface area contributed by atoms with E-state index < -0.39 is 0 Å². The molecule has 1 rings (SSSR count). The number of methoxy groups -OCH3 is 1. The van der Waals surface area contributed by atoms with Gasteiger partial charge in [0.2, 0.25) is 5.91 Å². The number of carbonyl (C=O) groups is 1. The van der Waals surface area contributed by atoms with Gasteiger partial charge in [-0.05, 0) is 25.0 Å². The minimum absolute atomic E-state index is 0.0574. The first-order valence-corrected chi connectivity index (χ1v) is 7.86. The summed E-state index contributed by atoms with van der Waals surface area (Å²) in [6.07, 6.45) is 7.96. The fourth-order valence-electron chi connectivity index (χ4n) is 2.29. The molecule has 0 saturated carbocycles. The molecular weight excluding hydrogens is 278 g/mol. The van der Waals surface area contributed by atoms with E-state index in [2.05, 4.69) is 19.9 Å². The Morgan fingerprint density at radius 3 is 2.68 bits per heavy atom. The normalized spacial score (nSPS) is 12.4. The van der Waals surface area contributed by atoms with E-state index in [1.165, 1.54) is 7.11 Å². The molecule has 4 heteroatoms. The highest BCUT2D eigenvalue weighted by Crippen LogP contribution is 2.31. The Kier molecular flexibility index (Phi) is 7.50. The van der Waals surface area contributed by atoms with Gasteiger partial charge in [0.25, 0.3) is 0 Å². The lowest BCUT2D eigenvalue weighted by atomic mass is 10.0. The van der Waals surface area contributed by atoms with Gasteiger partial charge in [-0.25, -0.2) is 0 Å². The van der Waals surface area contributed by atoms with E-state index in [0.717, 1.165) is 25.7 Å². The van der Waals surface area contributed by atoms with Gasteiger partial charge in [0, 0.05) is 18.8 Å². The van der Waals surface area contributed by atoms with Crippen molar-refractivity contribution >= 4 is 11.6 Å². The minimum atomic E-state index is -0.110. The lowest BCUT2D eigenvalue weighted by Crippen LogP contribution is -2.32. The number of nitrogens with zero attached hydrogens (tertiary/aromatic N) is 1. The van der Waals surface area contributed by atoms with Crippen molar-refractivity contribution in [2.75, 3.05) is 19.1 Å². The third-order valence-electron chi connectivity index (χ3n) is 3.62. The Balaban J connectivity index is 2.92. The average molecular weight is 305 g/mol. The monoisotopic (exact) mass is 305 g/mol. The quantitative estimate of drug-likeness (QED) is 0.734. The number of benzene rings is 1. The third-order valence-corrected chi connectivity index (χ3v) is 3.62. The molecule has 0 saturated heterocycles. The summed E-state index contributed by atoms with van der Waals surface area (Å²) in [7, 11) is 3.25. The molecule has 1 atom stereocenters. The van der Waals surface area contributed by atoms with Crippen molar-refractivity contribution in [2.45, 2.75) is 39.5 Å². The maximum Gasteiger partial charge on any atom is 0.233 e. The van der Waals surface area contributed by atoms with Gasteiger partial charge in [0.15, 0.2) is 11.5 Å². The van der Waals surface area contributed by atoms with E-state index >= 15 is 0 Å². The lowest BCUT2D eigenvalue weighted by molar-refractivity contribution is -0.120. The number of anilines is 1. The molecule has 0 aliphatic heterocycles. The summed E-state index contributed by atoms with van der Waals surface area (Å²) < 4.78 is 5.10. The lowest BCUT2D eigenvalue weighted by Gasteiger charge is -2.22. The Morgan fingerprint density at radius 2 is 2.09 bits per heavy atom. The van der Waals surface area contributed by atoms with Crippen LogP contribution in [0, 0.1) is 5.92 Å². The highest BCUT2D eigenvalue weighted by molar-refractivity contribution is 5.95. The molecule has 1 aromatic rings. The number of hydrogen-bond donors (Lipinski definition) is 1. The van der Waals surface area contributed by atoms with Crippen LogP contribution in [0.15, 0.2) is 30.4 Å². The molecule has 0 aliphatic carbocycles. The van der Waals surface area contributed by atoms with Gasteiger partial charge in [0.05, 0.1) is 13.0 Å². The fourth-order valence-corrected chi connectivity index (χ4v) is 2.29. The van der Waals surface area contributed by atoms with Crippen molar-refractivity contribution < 1.29 is 14.6 Å². The molecule has 0 heterocycles. The molecule has 122 valence electrons.